The molecule has 0 radical (unpaired) electrons. The summed E-state index contributed by atoms with van der Waals surface area (Å²) in [6.07, 6.45) is 3.48. The number of carbonyl (C=O) groups excluding carboxylic acids is 1. The third-order valence-corrected chi connectivity index (χ3v) is 4.43. The minimum atomic E-state index is -0.0622. The average Bonchev–Trinajstić information content (AvgIpc) is 3.05. The highest BCUT2D eigenvalue weighted by Crippen LogP contribution is 2.24. The Morgan fingerprint density at radius 3 is 2.72 bits per heavy atom. The van der Waals surface area contributed by atoms with E-state index in [1.807, 2.05) is 51.2 Å². The summed E-state index contributed by atoms with van der Waals surface area (Å²) in [6.45, 7) is 3.83. The van der Waals surface area contributed by atoms with Gasteiger partial charge in [-0.05, 0) is 55.1 Å². The van der Waals surface area contributed by atoms with Crippen LogP contribution in [0.15, 0.2) is 54.2 Å². The summed E-state index contributed by atoms with van der Waals surface area (Å²) < 4.78 is 0. The number of H-pyrrole nitrogens is 1. The van der Waals surface area contributed by atoms with E-state index in [4.69, 9.17) is 5.73 Å². The molecule has 2 aromatic heterocycles. The second-order valence-corrected chi connectivity index (χ2v) is 6.25. The summed E-state index contributed by atoms with van der Waals surface area (Å²) in [5.74, 6) is 0.439. The van der Waals surface area contributed by atoms with Crippen LogP contribution in [0.4, 0.5) is 5.82 Å². The summed E-state index contributed by atoms with van der Waals surface area (Å²) in [5, 5.41) is 1.14. The predicted octanol–water partition coefficient (Wildman–Crippen LogP) is 3.77. The Balaban J connectivity index is 1.79. The zero-order valence-electron chi connectivity index (χ0n) is 14.7. The number of benzene rings is 1. The number of pyridine rings is 1. The minimum absolute atomic E-state index is 0.0250. The monoisotopic (exact) mass is 334 g/mol. The number of hydrogen-bond donors (Lipinski definition) is 2. The number of nitrogens with zero attached hydrogens (tertiary/aromatic N) is 2. The molecule has 0 aliphatic heterocycles. The van der Waals surface area contributed by atoms with E-state index >= 15 is 0 Å². The van der Waals surface area contributed by atoms with E-state index in [1.54, 1.807) is 17.2 Å². The van der Waals surface area contributed by atoms with Crippen LogP contribution in [0.1, 0.15) is 31.1 Å². The highest BCUT2D eigenvalue weighted by atomic mass is 16.2. The lowest BCUT2D eigenvalue weighted by Gasteiger charge is -2.24. The summed E-state index contributed by atoms with van der Waals surface area (Å²) in [5.41, 5.74) is 9.18. The molecule has 128 valence electrons. The Hall–Kier alpha value is -3.08. The van der Waals surface area contributed by atoms with Gasteiger partial charge in [-0.25, -0.2) is 4.98 Å². The zero-order chi connectivity index (χ0) is 18.0. The first-order valence-corrected chi connectivity index (χ1v) is 8.20. The van der Waals surface area contributed by atoms with E-state index in [1.165, 1.54) is 0 Å². The third kappa shape index (κ3) is 3.55. The maximum Gasteiger partial charge on any atom is 0.249 e. The highest BCUT2D eigenvalue weighted by molar-refractivity contribution is 5.97. The SMILES string of the molecule is CC(=Cc1ccc(N)nc1)C(=O)N(C)C(C)c1cc2ccccc2[nH]1. The Bertz CT molecular complexity index is 891. The largest absolute Gasteiger partial charge is 0.384 e. The molecule has 3 aromatic rings. The van der Waals surface area contributed by atoms with Gasteiger partial charge in [-0.2, -0.15) is 0 Å². The first-order chi connectivity index (χ1) is 12.0. The molecule has 0 spiro atoms. The third-order valence-electron chi connectivity index (χ3n) is 4.43. The Labute approximate surface area is 147 Å². The normalized spacial score (nSPS) is 13.0. The molecule has 25 heavy (non-hydrogen) atoms. The number of nitrogens with one attached hydrogen (secondary N) is 1. The van der Waals surface area contributed by atoms with Crippen molar-refractivity contribution in [2.45, 2.75) is 19.9 Å². The molecule has 1 amide bonds. The molecule has 0 saturated heterocycles. The van der Waals surface area contributed by atoms with Crippen molar-refractivity contribution in [3.8, 4) is 0 Å². The molecule has 3 N–H and O–H groups in total. The van der Waals surface area contributed by atoms with Gasteiger partial charge in [-0.3, -0.25) is 4.79 Å². The van der Waals surface area contributed by atoms with Gasteiger partial charge in [0, 0.05) is 30.0 Å². The molecule has 0 saturated carbocycles. The van der Waals surface area contributed by atoms with Crippen LogP contribution in [0.3, 0.4) is 0 Å². The number of rotatable bonds is 4. The molecule has 1 atom stereocenters. The molecule has 5 heteroatoms. The average molecular weight is 334 g/mol. The minimum Gasteiger partial charge on any atom is -0.384 e. The maximum atomic E-state index is 12.7. The van der Waals surface area contributed by atoms with Crippen LogP contribution in [-0.4, -0.2) is 27.8 Å². The number of anilines is 1. The fourth-order valence-corrected chi connectivity index (χ4v) is 2.80. The summed E-state index contributed by atoms with van der Waals surface area (Å²) in [4.78, 5) is 21.9. The van der Waals surface area contributed by atoms with Crippen molar-refractivity contribution in [2.24, 2.45) is 0 Å². The van der Waals surface area contributed by atoms with Crippen molar-refractivity contribution in [3.05, 3.63) is 65.5 Å². The lowest BCUT2D eigenvalue weighted by molar-refractivity contribution is -0.127. The van der Waals surface area contributed by atoms with E-state index < -0.39 is 0 Å². The number of nitrogens with two attached hydrogens (primary N) is 1. The van der Waals surface area contributed by atoms with Gasteiger partial charge < -0.3 is 15.6 Å². The summed E-state index contributed by atoms with van der Waals surface area (Å²) in [6, 6.07) is 13.7. The number of hydrogen-bond acceptors (Lipinski definition) is 3. The van der Waals surface area contributed by atoms with Gasteiger partial charge in [0.05, 0.1) is 6.04 Å². The number of carbonyl (C=O) groups is 1. The van der Waals surface area contributed by atoms with Crippen LogP contribution in [0, 0.1) is 0 Å². The van der Waals surface area contributed by atoms with Crippen LogP contribution in [-0.2, 0) is 4.79 Å². The van der Waals surface area contributed by atoms with Gasteiger partial charge >= 0.3 is 0 Å². The molecule has 2 heterocycles. The molecule has 5 nitrogen and oxygen atoms in total. The number of aromatic nitrogens is 2. The molecule has 0 bridgehead atoms. The van der Waals surface area contributed by atoms with Crippen LogP contribution in [0.5, 0.6) is 0 Å². The molecule has 1 aromatic carbocycles. The zero-order valence-corrected chi connectivity index (χ0v) is 14.7. The lowest BCUT2D eigenvalue weighted by atomic mass is 10.1. The molecular weight excluding hydrogens is 312 g/mol. The maximum absolute atomic E-state index is 12.7. The van der Waals surface area contributed by atoms with Crippen LogP contribution >= 0.6 is 0 Å². The number of fused-ring (bicyclic) bond motifs is 1. The topological polar surface area (TPSA) is 75.0 Å². The van der Waals surface area contributed by atoms with E-state index in [0.29, 0.717) is 11.4 Å². The van der Waals surface area contributed by atoms with Gasteiger partial charge in [-0.1, -0.05) is 18.2 Å². The van der Waals surface area contributed by atoms with Crippen LogP contribution in [0.25, 0.3) is 17.0 Å². The van der Waals surface area contributed by atoms with E-state index in [2.05, 4.69) is 22.1 Å². The first-order valence-electron chi connectivity index (χ1n) is 8.20. The number of amides is 1. The number of nitrogen functional groups attached to an aromatic ring is 1. The molecule has 0 aliphatic rings. The van der Waals surface area contributed by atoms with Gasteiger partial charge in [0.15, 0.2) is 0 Å². The van der Waals surface area contributed by atoms with Crippen LogP contribution in [0.2, 0.25) is 0 Å². The summed E-state index contributed by atoms with van der Waals surface area (Å²) in [7, 11) is 1.82. The van der Waals surface area contributed by atoms with Gasteiger partial charge in [0.1, 0.15) is 5.82 Å². The Kier molecular flexibility index (Phi) is 4.57. The molecule has 0 fully saturated rings. The highest BCUT2D eigenvalue weighted by Gasteiger charge is 2.20. The van der Waals surface area contributed by atoms with Crippen molar-refractivity contribution >= 4 is 28.7 Å². The van der Waals surface area contributed by atoms with Crippen molar-refractivity contribution < 1.29 is 4.79 Å². The van der Waals surface area contributed by atoms with E-state index in [9.17, 15) is 4.79 Å². The standard InChI is InChI=1S/C20H22N4O/c1-13(10-15-8-9-19(21)22-12-15)20(25)24(3)14(2)18-11-16-6-4-5-7-17(16)23-18/h4-12,14,23H,1-3H3,(H2,21,22). The summed E-state index contributed by atoms with van der Waals surface area (Å²) >= 11 is 0. The predicted molar refractivity (Wildman–Crippen MR) is 102 cm³/mol. The van der Waals surface area contributed by atoms with Crippen molar-refractivity contribution in [3.63, 3.8) is 0 Å². The number of para-hydroxylation sites is 1. The second kappa shape index (κ2) is 6.81. The number of likely N-dealkylation sites (N-methyl/N-ethyl adjacent to an activating group) is 1. The van der Waals surface area contributed by atoms with Crippen LogP contribution < -0.4 is 5.73 Å². The smallest absolute Gasteiger partial charge is 0.249 e. The van der Waals surface area contributed by atoms with E-state index in [0.717, 1.165) is 22.2 Å². The number of aromatic amines is 1. The molecular formula is C20H22N4O. The van der Waals surface area contributed by atoms with Crippen molar-refractivity contribution in [1.29, 1.82) is 0 Å². The molecule has 3 rings (SSSR count). The van der Waals surface area contributed by atoms with Crippen molar-refractivity contribution in [1.82, 2.24) is 14.9 Å². The van der Waals surface area contributed by atoms with E-state index in [-0.39, 0.29) is 11.9 Å². The van der Waals surface area contributed by atoms with Gasteiger partial charge in [0.2, 0.25) is 5.91 Å². The fraction of sp³-hybridized carbons (Fsp3) is 0.200. The van der Waals surface area contributed by atoms with Crippen molar-refractivity contribution in [2.75, 3.05) is 12.8 Å². The first kappa shape index (κ1) is 16.8. The lowest BCUT2D eigenvalue weighted by Crippen LogP contribution is -2.30. The van der Waals surface area contributed by atoms with Gasteiger partial charge in [0.25, 0.3) is 0 Å². The van der Waals surface area contributed by atoms with Gasteiger partial charge in [-0.15, -0.1) is 0 Å². The molecule has 0 aliphatic carbocycles. The quantitative estimate of drug-likeness (QED) is 0.713. The molecule has 1 unspecified atom stereocenters. The Morgan fingerprint density at radius 2 is 2.04 bits per heavy atom. The second-order valence-electron chi connectivity index (χ2n) is 6.25. The Morgan fingerprint density at radius 1 is 1.28 bits per heavy atom. The fourth-order valence-electron chi connectivity index (χ4n) is 2.80.